The maximum absolute atomic E-state index is 12.3. The summed E-state index contributed by atoms with van der Waals surface area (Å²) in [5.74, 6) is 0.0772. The van der Waals surface area contributed by atoms with E-state index in [-0.39, 0.29) is 16.2 Å². The Balaban J connectivity index is 3.10. The molecule has 0 heterocycles. The number of sulfonamides is 1. The molecular formula is C13H20N2O2S2. The molecule has 1 aromatic carbocycles. The topological polar surface area (TPSA) is 63.4 Å². The summed E-state index contributed by atoms with van der Waals surface area (Å²) in [7, 11) is -1.82. The fourth-order valence-corrected chi connectivity index (χ4v) is 3.51. The first kappa shape index (κ1) is 15.9. The van der Waals surface area contributed by atoms with Crippen LogP contribution in [0, 0.1) is 5.41 Å². The van der Waals surface area contributed by atoms with Gasteiger partial charge in [0, 0.05) is 12.6 Å². The number of anilines is 1. The fraction of sp³-hybridized carbons (Fsp3) is 0.462. The molecule has 1 aromatic rings. The molecule has 0 bridgehead atoms. The minimum Gasteiger partial charge on any atom is -0.389 e. The number of hydrogen-bond acceptors (Lipinski definition) is 3. The normalized spacial score (nSPS) is 12.2. The highest BCUT2D eigenvalue weighted by Crippen LogP contribution is 2.23. The van der Waals surface area contributed by atoms with Crippen LogP contribution in [-0.4, -0.2) is 26.2 Å². The molecule has 0 radical (unpaired) electrons. The van der Waals surface area contributed by atoms with E-state index in [9.17, 15) is 8.42 Å². The van der Waals surface area contributed by atoms with E-state index in [1.54, 1.807) is 31.3 Å². The van der Waals surface area contributed by atoms with Gasteiger partial charge in [-0.1, -0.05) is 45.1 Å². The molecule has 0 atom stereocenters. The van der Waals surface area contributed by atoms with E-state index < -0.39 is 10.0 Å². The van der Waals surface area contributed by atoms with Crippen molar-refractivity contribution >= 4 is 32.9 Å². The predicted octanol–water partition coefficient (Wildman–Crippen LogP) is 2.13. The molecule has 19 heavy (non-hydrogen) atoms. The van der Waals surface area contributed by atoms with Crippen molar-refractivity contribution < 1.29 is 8.42 Å². The van der Waals surface area contributed by atoms with Gasteiger partial charge in [0.1, 0.15) is 4.99 Å². The van der Waals surface area contributed by atoms with Crippen LogP contribution in [0.15, 0.2) is 24.3 Å². The second-order valence-electron chi connectivity index (χ2n) is 5.70. The first-order chi connectivity index (χ1) is 8.53. The van der Waals surface area contributed by atoms with Crippen LogP contribution in [0.4, 0.5) is 5.69 Å². The second-order valence-corrected chi connectivity index (χ2v) is 8.14. The lowest BCUT2D eigenvalue weighted by Gasteiger charge is -2.25. The molecule has 0 saturated heterocycles. The third kappa shape index (κ3) is 4.47. The van der Waals surface area contributed by atoms with Crippen molar-refractivity contribution in [2.45, 2.75) is 20.8 Å². The van der Waals surface area contributed by atoms with Crippen molar-refractivity contribution in [1.29, 1.82) is 0 Å². The van der Waals surface area contributed by atoms with Gasteiger partial charge in [-0.25, -0.2) is 8.42 Å². The summed E-state index contributed by atoms with van der Waals surface area (Å²) >= 11 is 4.90. The van der Waals surface area contributed by atoms with E-state index in [1.165, 1.54) is 4.31 Å². The number of nitrogens with two attached hydrogens (primary N) is 1. The fourth-order valence-electron chi connectivity index (χ4n) is 1.66. The molecule has 0 aliphatic carbocycles. The predicted molar refractivity (Wildman–Crippen MR) is 84.0 cm³/mol. The molecular weight excluding hydrogens is 280 g/mol. The molecule has 2 N–H and O–H groups in total. The third-order valence-corrected chi connectivity index (χ3v) is 5.04. The molecule has 0 amide bonds. The molecule has 0 spiro atoms. The van der Waals surface area contributed by atoms with Gasteiger partial charge in [-0.15, -0.1) is 0 Å². The molecule has 1 rings (SSSR count). The lowest BCUT2D eigenvalue weighted by molar-refractivity contribution is 0.461. The average Bonchev–Trinajstić information content (AvgIpc) is 2.25. The Kier molecular flexibility index (Phi) is 4.58. The van der Waals surface area contributed by atoms with Gasteiger partial charge in [-0.2, -0.15) is 0 Å². The van der Waals surface area contributed by atoms with Gasteiger partial charge in [-0.3, -0.25) is 4.31 Å². The summed E-state index contributed by atoms with van der Waals surface area (Å²) in [6.45, 7) is 5.68. The maximum atomic E-state index is 12.3. The standard InChI is InChI=1S/C13H20N2O2S2/c1-13(2,3)9-19(16,17)15(4)11-7-5-6-10(8-11)12(14)18/h5-8H,9H2,1-4H3,(H2,14,18). The van der Waals surface area contributed by atoms with Crippen LogP contribution >= 0.6 is 12.2 Å². The summed E-state index contributed by atoms with van der Waals surface area (Å²) in [4.78, 5) is 0.253. The van der Waals surface area contributed by atoms with E-state index >= 15 is 0 Å². The van der Waals surface area contributed by atoms with Crippen molar-refractivity contribution in [2.75, 3.05) is 17.1 Å². The highest BCUT2D eigenvalue weighted by Gasteiger charge is 2.26. The minimum atomic E-state index is -3.36. The quantitative estimate of drug-likeness (QED) is 0.865. The highest BCUT2D eigenvalue weighted by molar-refractivity contribution is 7.92. The van der Waals surface area contributed by atoms with Gasteiger partial charge in [0.15, 0.2) is 0 Å². The Morgan fingerprint density at radius 1 is 1.37 bits per heavy atom. The molecule has 0 aromatic heterocycles. The average molecular weight is 300 g/mol. The summed E-state index contributed by atoms with van der Waals surface area (Å²) in [6.07, 6.45) is 0. The van der Waals surface area contributed by atoms with Crippen molar-refractivity contribution in [3.8, 4) is 0 Å². The van der Waals surface area contributed by atoms with Crippen molar-refractivity contribution in [1.82, 2.24) is 0 Å². The van der Waals surface area contributed by atoms with Crippen LogP contribution < -0.4 is 10.0 Å². The number of thiocarbonyl (C=S) groups is 1. The monoisotopic (exact) mass is 300 g/mol. The maximum Gasteiger partial charge on any atom is 0.235 e. The van der Waals surface area contributed by atoms with Crippen molar-refractivity contribution in [3.05, 3.63) is 29.8 Å². The third-order valence-electron chi connectivity index (χ3n) is 2.53. The number of hydrogen-bond donors (Lipinski definition) is 1. The molecule has 106 valence electrons. The second kappa shape index (κ2) is 5.46. The Bertz CT molecular complexity index is 575. The number of nitrogens with zero attached hydrogens (tertiary/aromatic N) is 1. The van der Waals surface area contributed by atoms with Crippen LogP contribution in [0.2, 0.25) is 0 Å². The van der Waals surface area contributed by atoms with E-state index in [4.69, 9.17) is 18.0 Å². The largest absolute Gasteiger partial charge is 0.389 e. The molecule has 0 saturated carbocycles. The molecule has 0 fully saturated rings. The molecule has 4 nitrogen and oxygen atoms in total. The Morgan fingerprint density at radius 3 is 2.42 bits per heavy atom. The first-order valence-corrected chi connectivity index (χ1v) is 7.91. The zero-order chi connectivity index (χ0) is 14.8. The summed E-state index contributed by atoms with van der Waals surface area (Å²) in [5, 5.41) is 0. The molecule has 6 heteroatoms. The van der Waals surface area contributed by atoms with Crippen LogP contribution in [-0.2, 0) is 10.0 Å². The van der Waals surface area contributed by atoms with Gasteiger partial charge in [0.2, 0.25) is 10.0 Å². The van der Waals surface area contributed by atoms with E-state index in [0.29, 0.717) is 11.3 Å². The molecule has 0 aliphatic heterocycles. The van der Waals surface area contributed by atoms with Crippen LogP contribution in [0.5, 0.6) is 0 Å². The van der Waals surface area contributed by atoms with E-state index in [2.05, 4.69) is 0 Å². The van der Waals surface area contributed by atoms with Crippen molar-refractivity contribution in [3.63, 3.8) is 0 Å². The summed E-state index contributed by atoms with van der Waals surface area (Å²) in [5.41, 5.74) is 6.48. The number of benzene rings is 1. The highest BCUT2D eigenvalue weighted by atomic mass is 32.2. The van der Waals surface area contributed by atoms with Gasteiger partial charge in [-0.05, 0) is 17.5 Å². The summed E-state index contributed by atoms with van der Waals surface area (Å²) < 4.78 is 25.9. The smallest absolute Gasteiger partial charge is 0.235 e. The van der Waals surface area contributed by atoms with E-state index in [1.807, 2.05) is 20.8 Å². The van der Waals surface area contributed by atoms with Gasteiger partial charge in [0.05, 0.1) is 11.4 Å². The molecule has 0 aliphatic rings. The SMILES string of the molecule is CN(c1cccc(C(N)=S)c1)S(=O)(=O)CC(C)(C)C. The Labute approximate surface area is 120 Å². The van der Waals surface area contributed by atoms with Crippen LogP contribution in [0.3, 0.4) is 0 Å². The molecule has 0 unspecified atom stereocenters. The van der Waals surface area contributed by atoms with Gasteiger partial charge in [0.25, 0.3) is 0 Å². The lowest BCUT2D eigenvalue weighted by Crippen LogP contribution is -2.34. The van der Waals surface area contributed by atoms with Crippen LogP contribution in [0.25, 0.3) is 0 Å². The number of rotatable bonds is 4. The van der Waals surface area contributed by atoms with Gasteiger partial charge >= 0.3 is 0 Å². The zero-order valence-corrected chi connectivity index (χ0v) is 13.3. The van der Waals surface area contributed by atoms with Crippen molar-refractivity contribution in [2.24, 2.45) is 11.1 Å². The van der Waals surface area contributed by atoms with E-state index in [0.717, 1.165) is 0 Å². The Hall–Kier alpha value is -1.14. The van der Waals surface area contributed by atoms with Gasteiger partial charge < -0.3 is 5.73 Å². The Morgan fingerprint density at radius 2 is 1.95 bits per heavy atom. The minimum absolute atomic E-state index is 0.0772. The zero-order valence-electron chi connectivity index (χ0n) is 11.7. The van der Waals surface area contributed by atoms with Crippen LogP contribution in [0.1, 0.15) is 26.3 Å². The lowest BCUT2D eigenvalue weighted by atomic mass is 10.0. The summed E-state index contributed by atoms with van der Waals surface area (Å²) in [6, 6.07) is 6.91. The first-order valence-electron chi connectivity index (χ1n) is 5.89.